The van der Waals surface area contributed by atoms with Gasteiger partial charge in [0.2, 0.25) is 10.0 Å². The number of carboxylic acid groups (broad SMARTS) is 1. The molecule has 3 N–H and O–H groups in total. The summed E-state index contributed by atoms with van der Waals surface area (Å²) in [6.45, 7) is 1.00. The fraction of sp³-hybridized carbons (Fsp3) is 0.211. The highest BCUT2D eigenvalue weighted by atomic mass is 79.9. The van der Waals surface area contributed by atoms with Crippen LogP contribution in [0.2, 0.25) is 0 Å². The Morgan fingerprint density at radius 1 is 1.16 bits per heavy atom. The van der Waals surface area contributed by atoms with Gasteiger partial charge in [0.05, 0.1) is 32.0 Å². The van der Waals surface area contributed by atoms with Crippen LogP contribution >= 0.6 is 31.9 Å². The molecule has 0 atom stereocenters. The van der Waals surface area contributed by atoms with Crippen molar-refractivity contribution >= 4 is 59.4 Å². The molecule has 2 aromatic carbocycles. The molecule has 0 saturated heterocycles. The van der Waals surface area contributed by atoms with Crippen molar-refractivity contribution in [1.82, 2.24) is 5.32 Å². The second kappa shape index (κ2) is 10.6. The first-order chi connectivity index (χ1) is 14.5. The molecule has 164 valence electrons. The van der Waals surface area contributed by atoms with Crippen molar-refractivity contribution < 1.29 is 27.9 Å². The van der Waals surface area contributed by atoms with Gasteiger partial charge in [-0.1, -0.05) is 0 Å². The van der Waals surface area contributed by atoms with E-state index < -0.39 is 28.4 Å². The highest BCUT2D eigenvalue weighted by Gasteiger charge is 2.15. The lowest BCUT2D eigenvalue weighted by Crippen LogP contribution is -2.29. The largest absolute Gasteiger partial charge is 0.487 e. The molecule has 0 radical (unpaired) electrons. The number of ether oxygens (including phenoxy) is 1. The van der Waals surface area contributed by atoms with Crippen molar-refractivity contribution in [2.75, 3.05) is 17.0 Å². The predicted molar refractivity (Wildman–Crippen MR) is 120 cm³/mol. The zero-order valence-electron chi connectivity index (χ0n) is 16.1. The molecule has 0 spiro atoms. The van der Waals surface area contributed by atoms with Gasteiger partial charge >= 0.3 is 5.97 Å². The number of sulfonamides is 1. The topological polar surface area (TPSA) is 146 Å². The molecular formula is C19H17Br2N3O6S. The Morgan fingerprint density at radius 2 is 1.81 bits per heavy atom. The van der Waals surface area contributed by atoms with Crippen LogP contribution in [0.4, 0.5) is 5.69 Å². The second-order valence-electron chi connectivity index (χ2n) is 6.17. The number of nitrogens with zero attached hydrogens (tertiary/aromatic N) is 1. The quantitative estimate of drug-likeness (QED) is 0.416. The highest BCUT2D eigenvalue weighted by molar-refractivity contribution is 9.11. The molecule has 0 unspecified atom stereocenters. The number of nitriles is 1. The van der Waals surface area contributed by atoms with E-state index in [4.69, 9.17) is 9.84 Å². The molecule has 0 aliphatic heterocycles. The number of hydrogen-bond donors (Lipinski definition) is 3. The summed E-state index contributed by atoms with van der Waals surface area (Å²) >= 11 is 6.63. The summed E-state index contributed by atoms with van der Waals surface area (Å²) in [5.74, 6) is -1.47. The van der Waals surface area contributed by atoms with Crippen molar-refractivity contribution in [3.05, 3.63) is 56.0 Å². The molecule has 2 aromatic rings. The van der Waals surface area contributed by atoms with Crippen molar-refractivity contribution in [1.29, 1.82) is 5.26 Å². The zero-order valence-corrected chi connectivity index (χ0v) is 20.1. The number of carbonyl (C=O) groups excluding carboxylic acids is 1. The molecule has 0 bridgehead atoms. The summed E-state index contributed by atoms with van der Waals surface area (Å²) in [6, 6.07) is 9.48. The third-order valence-electron chi connectivity index (χ3n) is 3.82. The number of carboxylic acids is 1. The van der Waals surface area contributed by atoms with Crippen LogP contribution in [-0.2, 0) is 21.4 Å². The summed E-state index contributed by atoms with van der Waals surface area (Å²) in [4.78, 5) is 22.6. The summed E-state index contributed by atoms with van der Waals surface area (Å²) < 4.78 is 32.7. The van der Waals surface area contributed by atoms with Crippen LogP contribution < -0.4 is 14.8 Å². The van der Waals surface area contributed by atoms with E-state index in [0.717, 1.165) is 0 Å². The number of aliphatic carboxylic acids is 1. The van der Waals surface area contributed by atoms with Gasteiger partial charge in [0.15, 0.2) is 0 Å². The first kappa shape index (κ1) is 24.6. The lowest BCUT2D eigenvalue weighted by molar-refractivity contribution is -0.135. The van der Waals surface area contributed by atoms with E-state index >= 15 is 0 Å². The van der Waals surface area contributed by atoms with E-state index in [1.165, 1.54) is 25.1 Å². The Kier molecular flexibility index (Phi) is 8.43. The summed E-state index contributed by atoms with van der Waals surface area (Å²) in [6.07, 6.45) is 0. The average molecular weight is 575 g/mol. The van der Waals surface area contributed by atoms with E-state index in [9.17, 15) is 23.3 Å². The number of hydrogen-bond acceptors (Lipinski definition) is 6. The zero-order chi connectivity index (χ0) is 23.2. The number of carbonyl (C=O) groups is 2. The lowest BCUT2D eigenvalue weighted by atomic mass is 10.1. The fourth-order valence-electron chi connectivity index (χ4n) is 2.39. The van der Waals surface area contributed by atoms with E-state index in [1.54, 1.807) is 12.1 Å². The molecule has 0 aliphatic rings. The lowest BCUT2D eigenvalue weighted by Gasteiger charge is -2.14. The standard InChI is InChI=1S/C19H17Br2N3O6S/c1-2-31(28,29)24-14-4-11(8-22)3-12(5-14)10-30-18-15(20)6-13(7-16(18)21)19(27)23-9-17(25)26/h3-7,24H,2,9-10H2,1H3,(H,23,27)(H,25,26). The Morgan fingerprint density at radius 3 is 2.35 bits per heavy atom. The normalized spacial score (nSPS) is 10.8. The van der Waals surface area contributed by atoms with Crippen LogP contribution in [0.5, 0.6) is 5.75 Å². The fourth-order valence-corrected chi connectivity index (χ4v) is 4.43. The molecule has 9 nitrogen and oxygen atoms in total. The first-order valence-electron chi connectivity index (χ1n) is 8.71. The van der Waals surface area contributed by atoms with E-state index in [2.05, 4.69) is 41.9 Å². The van der Waals surface area contributed by atoms with Gasteiger partial charge in [0, 0.05) is 5.56 Å². The van der Waals surface area contributed by atoms with E-state index in [1.807, 2.05) is 6.07 Å². The predicted octanol–water partition coefficient (Wildman–Crippen LogP) is 3.24. The van der Waals surface area contributed by atoms with Gasteiger partial charge in [0.25, 0.3) is 5.91 Å². The average Bonchev–Trinajstić information content (AvgIpc) is 2.70. The SMILES string of the molecule is CCS(=O)(=O)Nc1cc(C#N)cc(COc2c(Br)cc(C(=O)NCC(=O)O)cc2Br)c1. The number of anilines is 1. The van der Waals surface area contributed by atoms with Crippen LogP contribution in [0, 0.1) is 11.3 Å². The summed E-state index contributed by atoms with van der Waals surface area (Å²) in [7, 11) is -3.51. The molecule has 31 heavy (non-hydrogen) atoms. The monoisotopic (exact) mass is 573 g/mol. The number of rotatable bonds is 9. The van der Waals surface area contributed by atoms with Crippen LogP contribution in [0.1, 0.15) is 28.4 Å². The van der Waals surface area contributed by atoms with Gasteiger partial charge < -0.3 is 15.2 Å². The molecule has 0 aromatic heterocycles. The smallest absolute Gasteiger partial charge is 0.322 e. The van der Waals surface area contributed by atoms with Gasteiger partial charge in [-0.05, 0) is 74.7 Å². The van der Waals surface area contributed by atoms with E-state index in [-0.39, 0.29) is 29.2 Å². The maximum atomic E-state index is 12.0. The van der Waals surface area contributed by atoms with Gasteiger partial charge in [-0.2, -0.15) is 5.26 Å². The molecule has 1 amide bonds. The molecule has 0 fully saturated rings. The van der Waals surface area contributed by atoms with Crippen molar-refractivity contribution in [2.45, 2.75) is 13.5 Å². The summed E-state index contributed by atoms with van der Waals surface area (Å²) in [5, 5.41) is 20.1. The summed E-state index contributed by atoms with van der Waals surface area (Å²) in [5.41, 5.74) is 1.28. The minimum atomic E-state index is -3.51. The molecule has 0 heterocycles. The molecule has 12 heteroatoms. The van der Waals surface area contributed by atoms with Gasteiger partial charge in [-0.3, -0.25) is 14.3 Å². The van der Waals surface area contributed by atoms with Crippen molar-refractivity contribution in [3.8, 4) is 11.8 Å². The first-order valence-corrected chi connectivity index (χ1v) is 11.9. The third kappa shape index (κ3) is 7.23. The van der Waals surface area contributed by atoms with Gasteiger partial charge in [-0.15, -0.1) is 0 Å². The van der Waals surface area contributed by atoms with Crippen LogP contribution in [0.3, 0.4) is 0 Å². The van der Waals surface area contributed by atoms with Crippen LogP contribution in [0.25, 0.3) is 0 Å². The second-order valence-corrected chi connectivity index (χ2v) is 9.89. The maximum Gasteiger partial charge on any atom is 0.322 e. The minimum absolute atomic E-state index is 0.0120. The van der Waals surface area contributed by atoms with Crippen molar-refractivity contribution in [3.63, 3.8) is 0 Å². The molecule has 0 saturated carbocycles. The molecule has 0 aliphatic carbocycles. The highest BCUT2D eigenvalue weighted by Crippen LogP contribution is 2.35. The number of benzene rings is 2. The number of halogens is 2. The third-order valence-corrected chi connectivity index (χ3v) is 6.30. The Labute approximate surface area is 195 Å². The number of nitrogens with one attached hydrogen (secondary N) is 2. The Hall–Kier alpha value is -2.62. The molecular weight excluding hydrogens is 558 g/mol. The van der Waals surface area contributed by atoms with Crippen molar-refractivity contribution in [2.24, 2.45) is 0 Å². The van der Waals surface area contributed by atoms with Crippen LogP contribution in [-0.4, -0.2) is 37.7 Å². The Balaban J connectivity index is 2.22. The maximum absolute atomic E-state index is 12.0. The minimum Gasteiger partial charge on any atom is -0.487 e. The van der Waals surface area contributed by atoms with E-state index in [0.29, 0.717) is 20.3 Å². The Bertz CT molecular complexity index is 1140. The molecule has 2 rings (SSSR count). The van der Waals surface area contributed by atoms with Crippen LogP contribution in [0.15, 0.2) is 39.3 Å². The van der Waals surface area contributed by atoms with Gasteiger partial charge in [-0.25, -0.2) is 8.42 Å². The van der Waals surface area contributed by atoms with Gasteiger partial charge in [0.1, 0.15) is 18.9 Å². The number of amides is 1.